The van der Waals surface area contributed by atoms with E-state index in [2.05, 4.69) is 29.0 Å². The second-order valence-corrected chi connectivity index (χ2v) is 3.03. The molecule has 2 rings (SSSR count). The summed E-state index contributed by atoms with van der Waals surface area (Å²) in [6.07, 6.45) is 7.74. The molecule has 2 N–H and O–H groups in total. The van der Waals surface area contributed by atoms with Crippen molar-refractivity contribution in [2.24, 2.45) is 0 Å². The highest BCUT2D eigenvalue weighted by atomic mass is 15.4. The smallest absolute Gasteiger partial charge is 0.0824 e. The van der Waals surface area contributed by atoms with Crippen molar-refractivity contribution in [3.63, 3.8) is 0 Å². The van der Waals surface area contributed by atoms with Crippen LogP contribution in [-0.4, -0.2) is 9.78 Å². The fourth-order valence-electron chi connectivity index (χ4n) is 1.25. The van der Waals surface area contributed by atoms with E-state index in [1.165, 1.54) is 5.57 Å². The molecule has 1 aliphatic rings. The standard InChI is InChI=1S/C9H12N4/c1-8-5-9(12-10-6-8)7-13-4-2-3-11-13/h2-6,10,12H,7H2,1H3. The predicted molar refractivity (Wildman–Crippen MR) is 50.3 cm³/mol. The van der Waals surface area contributed by atoms with Gasteiger partial charge in [0.15, 0.2) is 0 Å². The molecule has 4 nitrogen and oxygen atoms in total. The summed E-state index contributed by atoms with van der Waals surface area (Å²) >= 11 is 0. The molecular weight excluding hydrogens is 164 g/mol. The molecule has 0 unspecified atom stereocenters. The topological polar surface area (TPSA) is 41.9 Å². The lowest BCUT2D eigenvalue weighted by molar-refractivity contribution is 0.593. The highest BCUT2D eigenvalue weighted by Crippen LogP contribution is 2.03. The molecule has 0 atom stereocenters. The average Bonchev–Trinajstić information content (AvgIpc) is 2.57. The van der Waals surface area contributed by atoms with E-state index >= 15 is 0 Å². The molecule has 0 saturated carbocycles. The number of allylic oxidation sites excluding steroid dienone is 3. The van der Waals surface area contributed by atoms with Crippen LogP contribution in [0, 0.1) is 0 Å². The Balaban J connectivity index is 2.07. The van der Waals surface area contributed by atoms with Gasteiger partial charge in [0.25, 0.3) is 0 Å². The second kappa shape index (κ2) is 3.35. The van der Waals surface area contributed by atoms with E-state index in [0.717, 1.165) is 12.2 Å². The summed E-state index contributed by atoms with van der Waals surface area (Å²) in [6.45, 7) is 2.82. The van der Waals surface area contributed by atoms with E-state index in [1.807, 2.05) is 23.1 Å². The Morgan fingerprint density at radius 3 is 3.15 bits per heavy atom. The zero-order valence-electron chi connectivity index (χ0n) is 7.49. The first kappa shape index (κ1) is 7.91. The number of nitrogens with one attached hydrogen (secondary N) is 2. The van der Waals surface area contributed by atoms with Crippen molar-refractivity contribution in [2.75, 3.05) is 0 Å². The van der Waals surface area contributed by atoms with E-state index in [9.17, 15) is 0 Å². The van der Waals surface area contributed by atoms with Crippen LogP contribution in [0.1, 0.15) is 6.92 Å². The van der Waals surface area contributed by atoms with Gasteiger partial charge in [-0.05, 0) is 24.6 Å². The largest absolute Gasteiger partial charge is 0.308 e. The fraction of sp³-hybridized carbons (Fsp3) is 0.222. The Hall–Kier alpha value is -1.71. The summed E-state index contributed by atoms with van der Waals surface area (Å²) in [4.78, 5) is 0. The summed E-state index contributed by atoms with van der Waals surface area (Å²) in [5.74, 6) is 0. The molecule has 0 spiro atoms. The molecule has 13 heavy (non-hydrogen) atoms. The van der Waals surface area contributed by atoms with Crippen LogP contribution in [0.3, 0.4) is 0 Å². The highest BCUT2D eigenvalue weighted by Gasteiger charge is 2.01. The number of hydrogen-bond donors (Lipinski definition) is 2. The van der Waals surface area contributed by atoms with Crippen molar-refractivity contribution in [1.82, 2.24) is 20.6 Å². The summed E-state index contributed by atoms with van der Waals surface area (Å²) in [5, 5.41) is 4.12. The van der Waals surface area contributed by atoms with Gasteiger partial charge in [0.05, 0.1) is 12.2 Å². The molecule has 1 aromatic heterocycles. The second-order valence-electron chi connectivity index (χ2n) is 3.03. The van der Waals surface area contributed by atoms with Crippen molar-refractivity contribution >= 4 is 0 Å². The first-order valence-corrected chi connectivity index (χ1v) is 4.21. The van der Waals surface area contributed by atoms with E-state index in [1.54, 1.807) is 6.20 Å². The summed E-state index contributed by atoms with van der Waals surface area (Å²) < 4.78 is 1.87. The number of hydrogen-bond acceptors (Lipinski definition) is 3. The molecule has 4 heteroatoms. The Morgan fingerprint density at radius 1 is 1.54 bits per heavy atom. The third-order valence-electron chi connectivity index (χ3n) is 1.83. The SMILES string of the molecule is CC1=CNNC(Cn2cccn2)=C1. The Morgan fingerprint density at radius 2 is 2.46 bits per heavy atom. The van der Waals surface area contributed by atoms with Crippen molar-refractivity contribution in [3.8, 4) is 0 Å². The van der Waals surface area contributed by atoms with Crippen LogP contribution in [0.5, 0.6) is 0 Å². The van der Waals surface area contributed by atoms with Gasteiger partial charge in [-0.15, -0.1) is 0 Å². The zero-order chi connectivity index (χ0) is 9.10. The normalized spacial score (nSPS) is 15.5. The number of rotatable bonds is 2. The number of hydrazine groups is 1. The average molecular weight is 176 g/mol. The molecule has 2 heterocycles. The Bertz CT molecular complexity index is 335. The monoisotopic (exact) mass is 176 g/mol. The first-order chi connectivity index (χ1) is 6.34. The molecule has 0 amide bonds. The van der Waals surface area contributed by atoms with Crippen molar-refractivity contribution in [2.45, 2.75) is 13.5 Å². The lowest BCUT2D eigenvalue weighted by Crippen LogP contribution is -2.31. The maximum atomic E-state index is 4.12. The Kier molecular flexibility index (Phi) is 2.04. The first-order valence-electron chi connectivity index (χ1n) is 4.21. The minimum absolute atomic E-state index is 0.769. The van der Waals surface area contributed by atoms with Crippen molar-refractivity contribution < 1.29 is 0 Å². The van der Waals surface area contributed by atoms with Crippen LogP contribution >= 0.6 is 0 Å². The number of nitrogens with zero attached hydrogens (tertiary/aromatic N) is 2. The molecule has 0 bridgehead atoms. The summed E-state index contributed by atoms with van der Waals surface area (Å²) in [6, 6.07) is 1.92. The van der Waals surface area contributed by atoms with Crippen molar-refractivity contribution in [1.29, 1.82) is 0 Å². The van der Waals surface area contributed by atoms with E-state index in [-0.39, 0.29) is 0 Å². The van der Waals surface area contributed by atoms with Crippen LogP contribution < -0.4 is 10.9 Å². The molecule has 0 fully saturated rings. The van der Waals surface area contributed by atoms with Crippen LogP contribution in [0.15, 0.2) is 42.0 Å². The summed E-state index contributed by atoms with van der Waals surface area (Å²) in [5.41, 5.74) is 8.36. The fourth-order valence-corrected chi connectivity index (χ4v) is 1.25. The molecule has 68 valence electrons. The summed E-state index contributed by atoms with van der Waals surface area (Å²) in [7, 11) is 0. The Labute approximate surface area is 76.9 Å². The minimum atomic E-state index is 0.769. The van der Waals surface area contributed by atoms with Gasteiger partial charge in [-0.25, -0.2) is 0 Å². The van der Waals surface area contributed by atoms with Crippen LogP contribution in [0.4, 0.5) is 0 Å². The lowest BCUT2D eigenvalue weighted by Gasteiger charge is -2.15. The lowest BCUT2D eigenvalue weighted by atomic mass is 10.2. The molecule has 0 aliphatic carbocycles. The van der Waals surface area contributed by atoms with E-state index in [0.29, 0.717) is 0 Å². The molecule has 0 radical (unpaired) electrons. The quantitative estimate of drug-likeness (QED) is 0.699. The van der Waals surface area contributed by atoms with Gasteiger partial charge in [0.1, 0.15) is 0 Å². The van der Waals surface area contributed by atoms with E-state index in [4.69, 9.17) is 0 Å². The van der Waals surface area contributed by atoms with Gasteiger partial charge < -0.3 is 10.9 Å². The molecule has 0 aromatic carbocycles. The van der Waals surface area contributed by atoms with Crippen LogP contribution in [-0.2, 0) is 6.54 Å². The zero-order valence-corrected chi connectivity index (χ0v) is 7.49. The van der Waals surface area contributed by atoms with Gasteiger partial charge in [0.2, 0.25) is 0 Å². The van der Waals surface area contributed by atoms with Gasteiger partial charge >= 0.3 is 0 Å². The van der Waals surface area contributed by atoms with Crippen LogP contribution in [0.25, 0.3) is 0 Å². The third-order valence-corrected chi connectivity index (χ3v) is 1.83. The molecule has 0 saturated heterocycles. The molecule has 1 aliphatic heterocycles. The highest BCUT2D eigenvalue weighted by molar-refractivity contribution is 5.23. The maximum Gasteiger partial charge on any atom is 0.0824 e. The molecular formula is C9H12N4. The van der Waals surface area contributed by atoms with Gasteiger partial charge in [-0.1, -0.05) is 0 Å². The van der Waals surface area contributed by atoms with Gasteiger partial charge in [-0.3, -0.25) is 4.68 Å². The minimum Gasteiger partial charge on any atom is -0.308 e. The van der Waals surface area contributed by atoms with Gasteiger partial charge in [0, 0.05) is 18.6 Å². The maximum absolute atomic E-state index is 4.12. The van der Waals surface area contributed by atoms with Crippen molar-refractivity contribution in [3.05, 3.63) is 42.0 Å². The predicted octanol–water partition coefficient (Wildman–Crippen LogP) is 0.779. The van der Waals surface area contributed by atoms with Gasteiger partial charge in [-0.2, -0.15) is 5.10 Å². The molecule has 1 aromatic rings. The van der Waals surface area contributed by atoms with E-state index < -0.39 is 0 Å². The third kappa shape index (κ3) is 1.90. The van der Waals surface area contributed by atoms with Crippen LogP contribution in [0.2, 0.25) is 0 Å². The number of aromatic nitrogens is 2.